The molecular formula is C14H19BrN2O. The van der Waals surface area contributed by atoms with Crippen LogP contribution >= 0.6 is 15.9 Å². The van der Waals surface area contributed by atoms with E-state index in [0.29, 0.717) is 23.2 Å². The summed E-state index contributed by atoms with van der Waals surface area (Å²) in [6, 6.07) is 5.83. The average molecular weight is 311 g/mol. The number of amides is 1. The van der Waals surface area contributed by atoms with Gasteiger partial charge in [-0.1, -0.05) is 29.8 Å². The molecule has 0 heterocycles. The highest BCUT2D eigenvalue weighted by Gasteiger charge is 2.33. The van der Waals surface area contributed by atoms with Gasteiger partial charge in [0.1, 0.15) is 0 Å². The van der Waals surface area contributed by atoms with E-state index >= 15 is 0 Å². The van der Waals surface area contributed by atoms with Crippen LogP contribution in [-0.4, -0.2) is 23.4 Å². The number of carbonyl (C=O) groups is 1. The Bertz CT molecular complexity index is 435. The average Bonchev–Trinajstić information content (AvgIpc) is 3.07. The summed E-state index contributed by atoms with van der Waals surface area (Å²) >= 11 is 3.38. The first-order chi connectivity index (χ1) is 8.47. The third-order valence-electron chi connectivity index (χ3n) is 2.98. The quantitative estimate of drug-likeness (QED) is 0.867. The van der Waals surface area contributed by atoms with Gasteiger partial charge in [-0.05, 0) is 37.0 Å². The molecule has 1 aliphatic rings. The molecule has 1 aromatic carbocycles. The molecule has 0 bridgehead atoms. The van der Waals surface area contributed by atoms with Crippen molar-refractivity contribution in [1.29, 1.82) is 0 Å². The lowest BCUT2D eigenvalue weighted by atomic mass is 10.1. The van der Waals surface area contributed by atoms with E-state index in [9.17, 15) is 4.79 Å². The van der Waals surface area contributed by atoms with Gasteiger partial charge in [0.15, 0.2) is 0 Å². The summed E-state index contributed by atoms with van der Waals surface area (Å²) in [4.78, 5) is 14.5. The maximum Gasteiger partial charge on any atom is 0.254 e. The summed E-state index contributed by atoms with van der Waals surface area (Å²) in [7, 11) is 0. The van der Waals surface area contributed by atoms with Gasteiger partial charge in [0.25, 0.3) is 5.91 Å². The van der Waals surface area contributed by atoms with Gasteiger partial charge in [-0.3, -0.25) is 4.79 Å². The second-order valence-corrected chi connectivity index (χ2v) is 6.27. The van der Waals surface area contributed by atoms with Gasteiger partial charge in [-0.25, -0.2) is 0 Å². The van der Waals surface area contributed by atoms with E-state index in [0.717, 1.165) is 23.9 Å². The predicted octanol–water partition coefficient (Wildman–Crippen LogP) is 3.29. The van der Waals surface area contributed by atoms with Gasteiger partial charge in [0, 0.05) is 28.3 Å². The van der Waals surface area contributed by atoms with Crippen molar-refractivity contribution in [3.63, 3.8) is 0 Å². The number of nitrogens with two attached hydrogens (primary N) is 1. The van der Waals surface area contributed by atoms with Gasteiger partial charge >= 0.3 is 0 Å². The lowest BCUT2D eigenvalue weighted by molar-refractivity contribution is 0.0722. The Morgan fingerprint density at radius 1 is 1.44 bits per heavy atom. The molecule has 0 radical (unpaired) electrons. The minimum absolute atomic E-state index is 0.0965. The monoisotopic (exact) mass is 310 g/mol. The number of carbonyl (C=O) groups excluding carboxylic acids is 1. The summed E-state index contributed by atoms with van der Waals surface area (Å²) in [5, 5.41) is 0. The van der Waals surface area contributed by atoms with Crippen LogP contribution in [0.1, 0.15) is 37.0 Å². The number of halogens is 1. The number of rotatable bonds is 4. The highest BCUT2D eigenvalue weighted by molar-refractivity contribution is 9.10. The van der Waals surface area contributed by atoms with Crippen LogP contribution in [0.2, 0.25) is 0 Å². The van der Waals surface area contributed by atoms with Crippen molar-refractivity contribution >= 4 is 27.5 Å². The van der Waals surface area contributed by atoms with Gasteiger partial charge < -0.3 is 10.6 Å². The molecule has 1 amide bonds. The number of hydrogen-bond donors (Lipinski definition) is 1. The molecule has 0 atom stereocenters. The lowest BCUT2D eigenvalue weighted by Crippen LogP contribution is -2.36. The Morgan fingerprint density at radius 3 is 2.61 bits per heavy atom. The summed E-state index contributed by atoms with van der Waals surface area (Å²) in [6.45, 7) is 5.09. The second-order valence-electron chi connectivity index (χ2n) is 5.36. The molecule has 18 heavy (non-hydrogen) atoms. The van der Waals surface area contributed by atoms with Gasteiger partial charge in [-0.15, -0.1) is 0 Å². The van der Waals surface area contributed by atoms with Crippen molar-refractivity contribution < 1.29 is 4.79 Å². The van der Waals surface area contributed by atoms with E-state index in [1.54, 1.807) is 12.1 Å². The van der Waals surface area contributed by atoms with Crippen LogP contribution in [0, 0.1) is 5.92 Å². The SMILES string of the molecule is CC(C)CN(C(=O)c1cc(N)cc(Br)c1)C1CC1. The number of nitrogen functional groups attached to an aromatic ring is 1. The standard InChI is InChI=1S/C14H19BrN2O/c1-9(2)8-17(13-3-4-13)14(18)10-5-11(15)7-12(16)6-10/h5-7,9,13H,3-4,8,16H2,1-2H3. The van der Waals surface area contributed by atoms with Crippen LogP contribution in [0.25, 0.3) is 0 Å². The Hall–Kier alpha value is -1.03. The maximum atomic E-state index is 12.5. The number of hydrogen-bond acceptors (Lipinski definition) is 2. The van der Waals surface area contributed by atoms with E-state index in [4.69, 9.17) is 5.73 Å². The van der Waals surface area contributed by atoms with Crippen molar-refractivity contribution in [2.45, 2.75) is 32.7 Å². The van der Waals surface area contributed by atoms with E-state index in [2.05, 4.69) is 29.8 Å². The van der Waals surface area contributed by atoms with Gasteiger partial charge in [0.05, 0.1) is 0 Å². The summed E-state index contributed by atoms with van der Waals surface area (Å²) in [5.41, 5.74) is 7.08. The molecule has 0 spiro atoms. The molecule has 3 nitrogen and oxygen atoms in total. The van der Waals surface area contributed by atoms with Crippen molar-refractivity contribution in [2.24, 2.45) is 5.92 Å². The number of benzene rings is 1. The Kier molecular flexibility index (Phi) is 3.95. The van der Waals surface area contributed by atoms with Crippen molar-refractivity contribution in [3.8, 4) is 0 Å². The minimum Gasteiger partial charge on any atom is -0.399 e. The van der Waals surface area contributed by atoms with E-state index in [-0.39, 0.29) is 5.91 Å². The summed E-state index contributed by atoms with van der Waals surface area (Å²) < 4.78 is 0.853. The zero-order chi connectivity index (χ0) is 13.3. The lowest BCUT2D eigenvalue weighted by Gasteiger charge is -2.24. The maximum absolute atomic E-state index is 12.5. The van der Waals surface area contributed by atoms with Crippen LogP contribution < -0.4 is 5.73 Å². The molecule has 0 aromatic heterocycles. The molecular weight excluding hydrogens is 292 g/mol. The highest BCUT2D eigenvalue weighted by atomic mass is 79.9. The van der Waals surface area contributed by atoms with Crippen LogP contribution in [0.4, 0.5) is 5.69 Å². The molecule has 4 heteroatoms. The molecule has 2 N–H and O–H groups in total. The van der Waals surface area contributed by atoms with Crippen LogP contribution in [-0.2, 0) is 0 Å². The predicted molar refractivity (Wildman–Crippen MR) is 77.5 cm³/mol. The van der Waals surface area contributed by atoms with Crippen molar-refractivity contribution in [2.75, 3.05) is 12.3 Å². The molecule has 1 fully saturated rings. The fourth-order valence-electron chi connectivity index (χ4n) is 2.08. The number of anilines is 1. The third-order valence-corrected chi connectivity index (χ3v) is 3.44. The van der Waals surface area contributed by atoms with Crippen LogP contribution in [0.5, 0.6) is 0 Å². The first-order valence-electron chi connectivity index (χ1n) is 6.34. The Balaban J connectivity index is 2.21. The molecule has 1 aliphatic carbocycles. The smallest absolute Gasteiger partial charge is 0.254 e. The summed E-state index contributed by atoms with van der Waals surface area (Å²) in [5.74, 6) is 0.582. The zero-order valence-electron chi connectivity index (χ0n) is 10.8. The van der Waals surface area contributed by atoms with E-state index < -0.39 is 0 Å². The van der Waals surface area contributed by atoms with Crippen molar-refractivity contribution in [1.82, 2.24) is 4.90 Å². The van der Waals surface area contributed by atoms with Crippen LogP contribution in [0.15, 0.2) is 22.7 Å². The second kappa shape index (κ2) is 5.31. The summed E-state index contributed by atoms with van der Waals surface area (Å²) in [6.07, 6.45) is 2.25. The molecule has 98 valence electrons. The first-order valence-corrected chi connectivity index (χ1v) is 7.13. The zero-order valence-corrected chi connectivity index (χ0v) is 12.4. The highest BCUT2D eigenvalue weighted by Crippen LogP contribution is 2.30. The molecule has 1 saturated carbocycles. The minimum atomic E-state index is 0.0965. The third kappa shape index (κ3) is 3.25. The van der Waals surface area contributed by atoms with Crippen molar-refractivity contribution in [3.05, 3.63) is 28.2 Å². The Morgan fingerprint density at radius 2 is 2.11 bits per heavy atom. The molecule has 0 aliphatic heterocycles. The van der Waals surface area contributed by atoms with Crippen LogP contribution in [0.3, 0.4) is 0 Å². The largest absolute Gasteiger partial charge is 0.399 e. The number of nitrogens with zero attached hydrogens (tertiary/aromatic N) is 1. The van der Waals surface area contributed by atoms with Gasteiger partial charge in [0.2, 0.25) is 0 Å². The normalized spacial score (nSPS) is 14.9. The molecule has 0 saturated heterocycles. The molecule has 0 unspecified atom stereocenters. The first kappa shape index (κ1) is 13.4. The molecule has 2 rings (SSSR count). The molecule has 1 aromatic rings. The fraction of sp³-hybridized carbons (Fsp3) is 0.500. The fourth-order valence-corrected chi connectivity index (χ4v) is 2.59. The topological polar surface area (TPSA) is 46.3 Å². The Labute approximate surface area is 116 Å². The van der Waals surface area contributed by atoms with Gasteiger partial charge in [-0.2, -0.15) is 0 Å². The van der Waals surface area contributed by atoms with E-state index in [1.165, 1.54) is 0 Å². The van der Waals surface area contributed by atoms with E-state index in [1.807, 2.05) is 11.0 Å².